The molecule has 2 heterocycles. The van der Waals surface area contributed by atoms with Crippen molar-refractivity contribution >= 4 is 27.2 Å². The van der Waals surface area contributed by atoms with Crippen molar-refractivity contribution in [1.82, 2.24) is 4.90 Å². The number of thiophene rings is 1. The van der Waals surface area contributed by atoms with Gasteiger partial charge in [-0.05, 0) is 105 Å². The van der Waals surface area contributed by atoms with Crippen LogP contribution < -0.4 is 9.47 Å². The number of rotatable bonds is 9. The van der Waals surface area contributed by atoms with Gasteiger partial charge >= 0.3 is 0 Å². The van der Waals surface area contributed by atoms with Crippen molar-refractivity contribution < 1.29 is 19.4 Å². The molecule has 0 spiro atoms. The minimum atomic E-state index is -0.0490. The normalized spacial score (nSPS) is 15.9. The smallest absolute Gasteiger partial charge is 0.195 e. The van der Waals surface area contributed by atoms with Crippen LogP contribution in [-0.2, 0) is 0 Å². The van der Waals surface area contributed by atoms with E-state index in [2.05, 4.69) is 11.8 Å². The van der Waals surface area contributed by atoms with E-state index in [0.29, 0.717) is 17.7 Å². The first-order chi connectivity index (χ1) is 17.9. The summed E-state index contributed by atoms with van der Waals surface area (Å²) >= 11 is 1.51. The first kappa shape index (κ1) is 25.3. The zero-order valence-electron chi connectivity index (χ0n) is 21.6. The molecule has 5 nitrogen and oxygen atoms in total. The zero-order chi connectivity index (χ0) is 25.9. The molecule has 3 aromatic carbocycles. The number of hydrogen-bond donors (Lipinski definition) is 1. The molecule has 1 aliphatic rings. The van der Waals surface area contributed by atoms with Crippen LogP contribution in [0.1, 0.15) is 43.1 Å². The lowest BCUT2D eigenvalue weighted by molar-refractivity contribution is 0.104. The average Bonchev–Trinajstić information content (AvgIpc) is 3.47. The molecule has 0 aliphatic carbocycles. The summed E-state index contributed by atoms with van der Waals surface area (Å²) in [6.07, 6.45) is 1.34. The molecule has 1 aromatic heterocycles. The van der Waals surface area contributed by atoms with E-state index in [-0.39, 0.29) is 17.6 Å². The van der Waals surface area contributed by atoms with E-state index in [1.165, 1.54) is 17.8 Å². The zero-order valence-corrected chi connectivity index (χ0v) is 22.4. The number of nitrogens with zero attached hydrogens (tertiary/aromatic N) is 1. The van der Waals surface area contributed by atoms with Gasteiger partial charge in [0.2, 0.25) is 0 Å². The van der Waals surface area contributed by atoms with Gasteiger partial charge in [-0.3, -0.25) is 9.69 Å². The Morgan fingerprint density at radius 1 is 1.05 bits per heavy atom. The fourth-order valence-electron chi connectivity index (χ4n) is 4.84. The van der Waals surface area contributed by atoms with E-state index in [1.807, 2.05) is 68.4 Å². The quantitative estimate of drug-likeness (QED) is 0.243. The van der Waals surface area contributed by atoms with E-state index in [0.717, 1.165) is 57.6 Å². The number of phenolic OH excluding ortho intramolecular Hbond substituents is 1. The van der Waals surface area contributed by atoms with Crippen LogP contribution in [0.4, 0.5) is 0 Å². The molecule has 0 bridgehead atoms. The fourth-order valence-corrected chi connectivity index (χ4v) is 6.08. The third-order valence-electron chi connectivity index (χ3n) is 6.69. The van der Waals surface area contributed by atoms with Gasteiger partial charge in [-0.2, -0.15) is 0 Å². The summed E-state index contributed by atoms with van der Waals surface area (Å²) in [5.41, 5.74) is 2.19. The minimum absolute atomic E-state index is 0.0490. The third kappa shape index (κ3) is 5.81. The first-order valence-electron chi connectivity index (χ1n) is 12.9. The molecule has 1 saturated heterocycles. The summed E-state index contributed by atoms with van der Waals surface area (Å²) in [5.74, 6) is 2.46. The molecule has 5 rings (SSSR count). The van der Waals surface area contributed by atoms with Gasteiger partial charge in [0, 0.05) is 39.2 Å². The summed E-state index contributed by atoms with van der Waals surface area (Å²) in [6, 6.07) is 20.4. The van der Waals surface area contributed by atoms with Crippen molar-refractivity contribution in [1.29, 1.82) is 0 Å². The maximum absolute atomic E-state index is 13.8. The van der Waals surface area contributed by atoms with Crippen LogP contribution in [0.2, 0.25) is 0 Å². The number of benzene rings is 3. The molecular formula is C31H33NO4S. The number of aromatic hydroxyl groups is 1. The Morgan fingerprint density at radius 2 is 1.78 bits per heavy atom. The Bertz CT molecular complexity index is 1380. The minimum Gasteiger partial charge on any atom is -0.508 e. The molecule has 0 amide bonds. The fraction of sp³-hybridized carbons (Fsp3) is 0.323. The second-order valence-corrected chi connectivity index (χ2v) is 11.1. The monoisotopic (exact) mass is 515 g/mol. The maximum Gasteiger partial charge on any atom is 0.195 e. The Morgan fingerprint density at radius 3 is 2.46 bits per heavy atom. The second-order valence-electron chi connectivity index (χ2n) is 10.1. The van der Waals surface area contributed by atoms with Crippen LogP contribution in [0.25, 0.3) is 20.5 Å². The summed E-state index contributed by atoms with van der Waals surface area (Å²) in [6.45, 7) is 10.1. The van der Waals surface area contributed by atoms with Crippen LogP contribution in [0.15, 0.2) is 66.7 Å². The highest BCUT2D eigenvalue weighted by Crippen LogP contribution is 2.41. The molecule has 6 heteroatoms. The van der Waals surface area contributed by atoms with Crippen LogP contribution in [-0.4, -0.2) is 48.1 Å². The highest BCUT2D eigenvalue weighted by Gasteiger charge is 2.22. The van der Waals surface area contributed by atoms with Crippen molar-refractivity contribution in [3.8, 4) is 27.7 Å². The SMILES string of the molecule is CC1CCN(CCOc2ccc(C(=O)c3c(-c4ccc(OC(C)C)cc4)sc4cc(O)ccc34)cc2)C1. The molecule has 4 aromatic rings. The Hall–Kier alpha value is -3.35. The first-order valence-corrected chi connectivity index (χ1v) is 13.7. The van der Waals surface area contributed by atoms with Crippen LogP contribution >= 0.6 is 11.3 Å². The van der Waals surface area contributed by atoms with Gasteiger partial charge in [0.25, 0.3) is 0 Å². The number of likely N-dealkylation sites (tertiary alicyclic amines) is 1. The van der Waals surface area contributed by atoms with Crippen LogP contribution in [0.5, 0.6) is 17.2 Å². The number of ketones is 1. The van der Waals surface area contributed by atoms with Gasteiger partial charge in [-0.15, -0.1) is 11.3 Å². The van der Waals surface area contributed by atoms with Crippen LogP contribution in [0, 0.1) is 5.92 Å². The molecule has 37 heavy (non-hydrogen) atoms. The summed E-state index contributed by atoms with van der Waals surface area (Å²) < 4.78 is 12.6. The number of phenols is 1. The van der Waals surface area contributed by atoms with Gasteiger partial charge < -0.3 is 14.6 Å². The number of ether oxygens (including phenoxy) is 2. The molecule has 0 radical (unpaired) electrons. The van der Waals surface area contributed by atoms with E-state index < -0.39 is 0 Å². The lowest BCUT2D eigenvalue weighted by atomic mass is 9.97. The molecule has 1 fully saturated rings. The van der Waals surface area contributed by atoms with E-state index in [1.54, 1.807) is 12.1 Å². The van der Waals surface area contributed by atoms with E-state index in [9.17, 15) is 9.90 Å². The lowest BCUT2D eigenvalue weighted by Gasteiger charge is -2.15. The topological polar surface area (TPSA) is 59.0 Å². The Labute approximate surface area is 222 Å². The molecular weight excluding hydrogens is 482 g/mol. The number of carbonyl (C=O) groups excluding carboxylic acids is 1. The van der Waals surface area contributed by atoms with Gasteiger partial charge in [-0.1, -0.05) is 6.92 Å². The Balaban J connectivity index is 1.38. The van der Waals surface area contributed by atoms with Gasteiger partial charge in [0.15, 0.2) is 5.78 Å². The molecule has 1 atom stereocenters. The van der Waals surface area contributed by atoms with Crippen molar-refractivity contribution in [2.75, 3.05) is 26.2 Å². The number of carbonyl (C=O) groups is 1. The van der Waals surface area contributed by atoms with Gasteiger partial charge in [-0.25, -0.2) is 0 Å². The van der Waals surface area contributed by atoms with Crippen molar-refractivity contribution in [2.24, 2.45) is 5.92 Å². The number of hydrogen-bond acceptors (Lipinski definition) is 6. The predicted molar refractivity (Wildman–Crippen MR) is 150 cm³/mol. The number of fused-ring (bicyclic) bond motifs is 1. The van der Waals surface area contributed by atoms with Crippen molar-refractivity contribution in [2.45, 2.75) is 33.3 Å². The molecule has 1 N–H and O–H groups in total. The Kier molecular flexibility index (Phi) is 7.49. The lowest BCUT2D eigenvalue weighted by Crippen LogP contribution is -2.25. The summed E-state index contributed by atoms with van der Waals surface area (Å²) in [7, 11) is 0. The maximum atomic E-state index is 13.8. The molecule has 0 saturated carbocycles. The highest BCUT2D eigenvalue weighted by atomic mass is 32.1. The second kappa shape index (κ2) is 11.0. The molecule has 192 valence electrons. The summed E-state index contributed by atoms with van der Waals surface area (Å²) in [4.78, 5) is 17.1. The summed E-state index contributed by atoms with van der Waals surface area (Å²) in [5, 5.41) is 10.9. The molecule has 1 unspecified atom stereocenters. The highest BCUT2D eigenvalue weighted by molar-refractivity contribution is 7.22. The largest absolute Gasteiger partial charge is 0.508 e. The van der Waals surface area contributed by atoms with Gasteiger partial charge in [0.05, 0.1) is 6.10 Å². The molecule has 1 aliphatic heterocycles. The average molecular weight is 516 g/mol. The van der Waals surface area contributed by atoms with Crippen molar-refractivity contribution in [3.05, 3.63) is 77.9 Å². The third-order valence-corrected chi connectivity index (χ3v) is 7.89. The van der Waals surface area contributed by atoms with Gasteiger partial charge in [0.1, 0.15) is 23.9 Å². The van der Waals surface area contributed by atoms with E-state index >= 15 is 0 Å². The van der Waals surface area contributed by atoms with E-state index in [4.69, 9.17) is 9.47 Å². The predicted octanol–water partition coefficient (Wildman–Crippen LogP) is 7.01. The van der Waals surface area contributed by atoms with Crippen LogP contribution in [0.3, 0.4) is 0 Å². The van der Waals surface area contributed by atoms with Crippen molar-refractivity contribution in [3.63, 3.8) is 0 Å². The standard InChI is InChI=1S/C31H33NO4S/c1-20(2)36-26-11-6-23(7-12-26)31-29(27-13-8-24(33)18-28(27)37-31)30(34)22-4-9-25(10-5-22)35-17-16-32-15-14-21(3)19-32/h4-13,18,20-21,33H,14-17,19H2,1-3H3.